The summed E-state index contributed by atoms with van der Waals surface area (Å²) in [4.78, 5) is 5.20. The molecule has 1 aliphatic heterocycles. The van der Waals surface area contributed by atoms with Crippen molar-refractivity contribution in [2.24, 2.45) is 21.1 Å². The first-order valence-corrected chi connectivity index (χ1v) is 23.9. The largest absolute Gasteiger partial charge is 0.187 e. The summed E-state index contributed by atoms with van der Waals surface area (Å²) in [7, 11) is 5.79. The number of rotatable bonds is 6. The maximum atomic E-state index is 5.27. The second-order valence-electron chi connectivity index (χ2n) is 18.1. The Labute approximate surface area is 385 Å². The highest BCUT2D eigenvalue weighted by Crippen LogP contribution is 2.48. The zero-order valence-corrected chi connectivity index (χ0v) is 38.2. The predicted octanol–water partition coefficient (Wildman–Crippen LogP) is 12.5. The van der Waals surface area contributed by atoms with Gasteiger partial charge >= 0.3 is 0 Å². The molecular formula is C56H45N9S. The lowest BCUT2D eigenvalue weighted by Crippen LogP contribution is -2.10. The molecule has 0 N–H and O–H groups in total. The zero-order valence-electron chi connectivity index (χ0n) is 37.4. The summed E-state index contributed by atoms with van der Waals surface area (Å²) < 4.78 is 0. The fourth-order valence-corrected chi connectivity index (χ4v) is 12.5. The van der Waals surface area contributed by atoms with Crippen molar-refractivity contribution in [3.8, 4) is 22.3 Å². The average molecular weight is 876 g/mol. The molecular weight excluding hydrogens is 831 g/mol. The number of hydrogen-bond acceptors (Lipinski definition) is 7. The van der Waals surface area contributed by atoms with Crippen LogP contribution < -0.4 is 0 Å². The molecule has 66 heavy (non-hydrogen) atoms. The molecule has 0 amide bonds. The molecule has 0 spiro atoms. The number of nitrogens with zero attached hydrogens (tertiary/aromatic N) is 9. The summed E-state index contributed by atoms with van der Waals surface area (Å²) in [5, 5.41) is 41.0. The second kappa shape index (κ2) is 14.8. The molecule has 2 atom stereocenters. The van der Waals surface area contributed by atoms with Gasteiger partial charge in [0, 0.05) is 43.9 Å². The Kier molecular flexibility index (Phi) is 8.74. The van der Waals surface area contributed by atoms with Gasteiger partial charge in [0.15, 0.2) is 0 Å². The van der Waals surface area contributed by atoms with Gasteiger partial charge in [0.1, 0.15) is 33.1 Å². The molecule has 0 radical (unpaired) electrons. The highest BCUT2D eigenvalue weighted by molar-refractivity contribution is 7.99. The molecule has 9 nitrogen and oxygen atoms in total. The van der Waals surface area contributed by atoms with Crippen LogP contribution in [0, 0.1) is 13.8 Å². The van der Waals surface area contributed by atoms with Gasteiger partial charge in [0.25, 0.3) is 0 Å². The van der Waals surface area contributed by atoms with Crippen molar-refractivity contribution in [3.05, 3.63) is 167 Å². The molecule has 1 aliphatic rings. The third-order valence-corrected chi connectivity index (χ3v) is 15.2. The Morgan fingerprint density at radius 2 is 0.970 bits per heavy atom. The number of benzene rings is 9. The van der Waals surface area contributed by atoms with Crippen molar-refractivity contribution in [2.75, 3.05) is 11.5 Å². The van der Waals surface area contributed by atoms with Gasteiger partial charge in [-0.1, -0.05) is 127 Å². The van der Waals surface area contributed by atoms with Crippen LogP contribution in [-0.2, 0) is 21.1 Å². The van der Waals surface area contributed by atoms with Crippen molar-refractivity contribution in [1.29, 1.82) is 0 Å². The van der Waals surface area contributed by atoms with Gasteiger partial charge < -0.3 is 0 Å². The van der Waals surface area contributed by atoms with Gasteiger partial charge in [0.05, 0.1) is 0 Å². The van der Waals surface area contributed by atoms with Gasteiger partial charge in [0.2, 0.25) is 0 Å². The minimum atomic E-state index is -0.361. The first-order chi connectivity index (χ1) is 32.3. The minimum absolute atomic E-state index is 0.361. The summed E-state index contributed by atoms with van der Waals surface area (Å²) in [5.41, 5.74) is 16.3. The lowest BCUT2D eigenvalue weighted by atomic mass is 9.79. The van der Waals surface area contributed by atoms with E-state index in [0.29, 0.717) is 5.92 Å². The molecule has 12 aromatic rings. The van der Waals surface area contributed by atoms with E-state index in [2.05, 4.69) is 147 Å². The van der Waals surface area contributed by atoms with Crippen molar-refractivity contribution in [1.82, 2.24) is 45.0 Å². The number of aryl methyl sites for hydroxylation is 5. The summed E-state index contributed by atoms with van der Waals surface area (Å²) in [6, 6.07) is 48.8. The highest BCUT2D eigenvalue weighted by atomic mass is 32.2. The van der Waals surface area contributed by atoms with Gasteiger partial charge in [-0.05, 0) is 126 Å². The fraction of sp³-hybridized carbons (Fsp3) is 0.179. The monoisotopic (exact) mass is 875 g/mol. The topological polar surface area (TPSA) is 92.1 Å². The molecule has 0 saturated carbocycles. The standard InChI is InChI=1S/C56H45N9S/c1-31-27-46(53-55(61-64(4)59-53)48(31)43-20-12-19-40-36-15-8-6-13-33(36)21-22-42(40)43)50(44-24-23-38(35-25-26-66-30-35)51-52(44)58-63(3)57-51)47-28-32(2)49(56-54(47)60-65(5)62-56)45-29-34-14-7-9-16-37(34)39-17-10-11-18-41(39)45/h6-24,27-29,35,50H,25-26,30H2,1-5H3. The van der Waals surface area contributed by atoms with Crippen LogP contribution in [0.2, 0.25) is 0 Å². The van der Waals surface area contributed by atoms with E-state index in [0.717, 1.165) is 101 Å². The van der Waals surface area contributed by atoms with Crippen molar-refractivity contribution in [2.45, 2.75) is 32.1 Å². The van der Waals surface area contributed by atoms with Crippen LogP contribution in [-0.4, -0.2) is 56.5 Å². The van der Waals surface area contributed by atoms with Gasteiger partial charge in [-0.3, -0.25) is 0 Å². The fourth-order valence-electron chi connectivity index (χ4n) is 11.3. The van der Waals surface area contributed by atoms with E-state index in [1.165, 1.54) is 48.7 Å². The second-order valence-corrected chi connectivity index (χ2v) is 19.2. The van der Waals surface area contributed by atoms with Gasteiger partial charge in [-0.15, -0.1) is 0 Å². The van der Waals surface area contributed by atoms with Crippen molar-refractivity contribution < 1.29 is 0 Å². The summed E-state index contributed by atoms with van der Waals surface area (Å²) in [6.45, 7) is 4.45. The number of hydrogen-bond donors (Lipinski definition) is 0. The van der Waals surface area contributed by atoms with Gasteiger partial charge in [-0.2, -0.15) is 56.7 Å². The van der Waals surface area contributed by atoms with E-state index in [4.69, 9.17) is 30.6 Å². The number of fused-ring (bicyclic) bond motifs is 9. The lowest BCUT2D eigenvalue weighted by molar-refractivity contribution is 0.662. The van der Waals surface area contributed by atoms with Gasteiger partial charge in [-0.25, -0.2) is 0 Å². The molecule has 10 heteroatoms. The molecule has 320 valence electrons. The van der Waals surface area contributed by atoms with Crippen LogP contribution in [0.4, 0.5) is 0 Å². The zero-order chi connectivity index (χ0) is 44.4. The molecule has 0 aliphatic carbocycles. The molecule has 2 unspecified atom stereocenters. The first-order valence-electron chi connectivity index (χ1n) is 22.7. The molecule has 1 fully saturated rings. The van der Waals surface area contributed by atoms with Crippen molar-refractivity contribution >= 4 is 88.0 Å². The minimum Gasteiger partial charge on any atom is -0.187 e. The molecule has 4 heterocycles. The Balaban J connectivity index is 1.11. The van der Waals surface area contributed by atoms with E-state index in [-0.39, 0.29) is 5.92 Å². The molecule has 3 aromatic heterocycles. The number of aromatic nitrogens is 9. The van der Waals surface area contributed by atoms with Crippen LogP contribution in [0.25, 0.3) is 98.4 Å². The smallest absolute Gasteiger partial charge is 0.121 e. The van der Waals surface area contributed by atoms with Crippen LogP contribution in [0.1, 0.15) is 51.6 Å². The SMILES string of the molecule is Cc1cc(C(c2ccc(C3CCSC3)c3nn(C)nc23)c2cc(C)c(-c3cc4ccccc4c4ccccc34)c3nn(C)nc23)c2nn(C)nc2c1-c1cccc2c1ccc1ccccc12. The molecule has 0 bridgehead atoms. The summed E-state index contributed by atoms with van der Waals surface area (Å²) >= 11 is 2.02. The first kappa shape index (κ1) is 39.0. The quantitative estimate of drug-likeness (QED) is 0.121. The third-order valence-electron chi connectivity index (χ3n) is 14.1. The predicted molar refractivity (Wildman–Crippen MR) is 272 cm³/mol. The summed E-state index contributed by atoms with van der Waals surface area (Å²) in [5.74, 6) is 2.31. The Morgan fingerprint density at radius 3 is 1.62 bits per heavy atom. The lowest BCUT2D eigenvalue weighted by Gasteiger charge is -2.24. The third kappa shape index (κ3) is 5.87. The highest BCUT2D eigenvalue weighted by Gasteiger charge is 2.33. The maximum Gasteiger partial charge on any atom is 0.121 e. The summed E-state index contributed by atoms with van der Waals surface area (Å²) in [6.07, 6.45) is 1.13. The van der Waals surface area contributed by atoms with Crippen LogP contribution >= 0.6 is 11.8 Å². The van der Waals surface area contributed by atoms with Crippen molar-refractivity contribution in [3.63, 3.8) is 0 Å². The maximum absolute atomic E-state index is 5.27. The van der Waals surface area contributed by atoms with E-state index in [1.54, 1.807) is 14.4 Å². The molecule has 13 rings (SSSR count). The van der Waals surface area contributed by atoms with Crippen LogP contribution in [0.15, 0.2) is 133 Å². The Bertz CT molecular complexity index is 3980. The van der Waals surface area contributed by atoms with E-state index in [9.17, 15) is 0 Å². The number of thioether (sulfide) groups is 1. The molecule has 9 aromatic carbocycles. The normalized spacial score (nSPS) is 14.9. The van der Waals surface area contributed by atoms with Crippen LogP contribution in [0.3, 0.4) is 0 Å². The Hall–Kier alpha value is -7.43. The Morgan fingerprint density at radius 1 is 0.455 bits per heavy atom. The van der Waals surface area contributed by atoms with E-state index >= 15 is 0 Å². The van der Waals surface area contributed by atoms with E-state index in [1.807, 2.05) is 32.9 Å². The average Bonchev–Trinajstić information content (AvgIpc) is 4.16. The molecule has 1 saturated heterocycles. The van der Waals surface area contributed by atoms with E-state index < -0.39 is 0 Å². The van der Waals surface area contributed by atoms with Crippen LogP contribution in [0.5, 0.6) is 0 Å².